The number of nitrogens with zero attached hydrogens (tertiary/aromatic N) is 3. The van der Waals surface area contributed by atoms with Crippen molar-refractivity contribution in [1.29, 1.82) is 16.1 Å². The second kappa shape index (κ2) is 11.9. The SMILES string of the molecule is N#CCC(N=CC(C=N)/C(C=N)=C/c1ncc(-c2cccc(NC(=O)NCC(F)(F)F)c2)[nH]1)C1CC1. The summed E-state index contributed by atoms with van der Waals surface area (Å²) in [6.07, 6.45) is 4.91. The molecular weight excluding hydrogens is 473 g/mol. The number of hydrogen-bond donors (Lipinski definition) is 5. The Labute approximate surface area is 205 Å². The number of aromatic amines is 1. The van der Waals surface area contributed by atoms with Crippen molar-refractivity contribution in [2.75, 3.05) is 11.9 Å². The number of rotatable bonds is 11. The van der Waals surface area contributed by atoms with Crippen LogP contribution in [0, 0.1) is 34.0 Å². The summed E-state index contributed by atoms with van der Waals surface area (Å²) in [5, 5.41) is 28.6. The Bertz CT molecular complexity index is 1190. The highest BCUT2D eigenvalue weighted by molar-refractivity contribution is 5.99. The molecule has 0 aliphatic heterocycles. The summed E-state index contributed by atoms with van der Waals surface area (Å²) >= 11 is 0. The molecule has 2 unspecified atom stereocenters. The van der Waals surface area contributed by atoms with Crippen molar-refractivity contribution in [3.8, 4) is 17.3 Å². The van der Waals surface area contributed by atoms with E-state index in [9.17, 15) is 18.0 Å². The number of halogens is 3. The van der Waals surface area contributed by atoms with Crippen molar-refractivity contribution in [2.24, 2.45) is 16.8 Å². The Kier molecular flexibility index (Phi) is 8.72. The first-order valence-corrected chi connectivity index (χ1v) is 11.1. The van der Waals surface area contributed by atoms with Crippen LogP contribution in [-0.2, 0) is 0 Å². The van der Waals surface area contributed by atoms with Crippen LogP contribution >= 0.6 is 0 Å². The molecule has 12 heteroatoms. The largest absolute Gasteiger partial charge is 0.405 e. The summed E-state index contributed by atoms with van der Waals surface area (Å²) in [6.45, 7) is -1.44. The van der Waals surface area contributed by atoms with E-state index >= 15 is 0 Å². The number of imidazole rings is 1. The second-order valence-corrected chi connectivity index (χ2v) is 8.23. The Morgan fingerprint density at radius 2 is 2.14 bits per heavy atom. The standard InChI is InChI=1S/C24H25F3N8O/c25-24(26,27)14-33-23(36)34-19-3-1-2-16(8-19)21-13-32-22(35-21)9-17(10-29)18(11-30)12-31-20(6-7-28)15-4-5-15/h1-3,8-13,15,18,20,29-30H,4-6,14H2,(H,32,35)(H2,33,34,36)/b17-9+,29-10?,30-11?,31-12?. The molecule has 2 atom stereocenters. The number of benzene rings is 1. The summed E-state index contributed by atoms with van der Waals surface area (Å²) in [5.41, 5.74) is 1.97. The van der Waals surface area contributed by atoms with Crippen molar-refractivity contribution in [3.05, 3.63) is 41.9 Å². The Morgan fingerprint density at radius 1 is 1.36 bits per heavy atom. The molecule has 3 rings (SSSR count). The van der Waals surface area contributed by atoms with Gasteiger partial charge >= 0.3 is 12.2 Å². The first kappa shape index (κ1) is 26.3. The summed E-state index contributed by atoms with van der Waals surface area (Å²) in [4.78, 5) is 23.6. The molecule has 1 aliphatic carbocycles. The summed E-state index contributed by atoms with van der Waals surface area (Å²) in [7, 11) is 0. The molecular formula is C24H25F3N8O. The minimum Gasteiger partial charge on any atom is -0.338 e. The van der Waals surface area contributed by atoms with E-state index in [2.05, 4.69) is 26.3 Å². The molecule has 1 fully saturated rings. The first-order valence-electron chi connectivity index (χ1n) is 11.1. The van der Waals surface area contributed by atoms with Gasteiger partial charge in [0.1, 0.15) is 12.4 Å². The highest BCUT2D eigenvalue weighted by Crippen LogP contribution is 2.35. The van der Waals surface area contributed by atoms with E-state index in [4.69, 9.17) is 16.1 Å². The molecule has 1 aromatic carbocycles. The number of alkyl halides is 3. The van der Waals surface area contributed by atoms with Crippen molar-refractivity contribution < 1.29 is 18.0 Å². The smallest absolute Gasteiger partial charge is 0.338 e. The van der Waals surface area contributed by atoms with Crippen molar-refractivity contribution in [2.45, 2.75) is 31.5 Å². The fourth-order valence-electron chi connectivity index (χ4n) is 3.41. The molecule has 0 radical (unpaired) electrons. The minimum absolute atomic E-state index is 0.101. The van der Waals surface area contributed by atoms with Crippen LogP contribution in [0.2, 0.25) is 0 Å². The Hall–Kier alpha value is -4.27. The molecule has 0 bridgehead atoms. The van der Waals surface area contributed by atoms with Crippen LogP contribution in [0.4, 0.5) is 23.7 Å². The molecule has 1 saturated carbocycles. The van der Waals surface area contributed by atoms with Gasteiger partial charge in [0.15, 0.2) is 0 Å². The zero-order valence-electron chi connectivity index (χ0n) is 19.1. The summed E-state index contributed by atoms with van der Waals surface area (Å²) < 4.78 is 36.8. The minimum atomic E-state index is -4.51. The number of H-pyrrole nitrogens is 1. The molecule has 5 N–H and O–H groups in total. The Morgan fingerprint density at radius 3 is 2.78 bits per heavy atom. The van der Waals surface area contributed by atoms with E-state index in [-0.39, 0.29) is 6.04 Å². The zero-order chi connectivity index (χ0) is 26.1. The van der Waals surface area contributed by atoms with Gasteiger partial charge in [-0.2, -0.15) is 18.4 Å². The van der Waals surface area contributed by atoms with E-state index < -0.39 is 24.7 Å². The number of carbonyl (C=O) groups is 1. The molecule has 9 nitrogen and oxygen atoms in total. The molecule has 0 saturated heterocycles. The van der Waals surface area contributed by atoms with Crippen molar-refractivity contribution >= 4 is 36.4 Å². The van der Waals surface area contributed by atoms with Crippen LogP contribution in [0.3, 0.4) is 0 Å². The second-order valence-electron chi connectivity index (χ2n) is 8.23. The molecule has 188 valence electrons. The number of carbonyl (C=O) groups excluding carboxylic acids is 1. The summed E-state index contributed by atoms with van der Waals surface area (Å²) in [5.74, 6) is 0.257. The van der Waals surface area contributed by atoms with Gasteiger partial charge in [-0.25, -0.2) is 9.78 Å². The van der Waals surface area contributed by atoms with Crippen molar-refractivity contribution in [3.63, 3.8) is 0 Å². The number of urea groups is 1. The van der Waals surface area contributed by atoms with E-state index in [1.807, 2.05) is 0 Å². The van der Waals surface area contributed by atoms with Crippen LogP contribution in [0.5, 0.6) is 0 Å². The maximum Gasteiger partial charge on any atom is 0.405 e. The van der Waals surface area contributed by atoms with Gasteiger partial charge in [0.05, 0.1) is 36.3 Å². The molecule has 1 aliphatic rings. The fourth-order valence-corrected chi connectivity index (χ4v) is 3.41. The number of nitrogens with one attached hydrogen (secondary N) is 5. The van der Waals surface area contributed by atoms with Gasteiger partial charge in [0, 0.05) is 29.9 Å². The quantitative estimate of drug-likeness (QED) is 0.282. The molecule has 0 spiro atoms. The maximum absolute atomic E-state index is 12.3. The van der Waals surface area contributed by atoms with E-state index in [1.54, 1.807) is 42.0 Å². The van der Waals surface area contributed by atoms with Crippen LogP contribution < -0.4 is 10.6 Å². The average molecular weight is 499 g/mol. The van der Waals surface area contributed by atoms with Crippen LogP contribution in [0.1, 0.15) is 25.1 Å². The number of allylic oxidation sites excluding steroid dienone is 1. The van der Waals surface area contributed by atoms with Gasteiger partial charge in [-0.05, 0) is 42.5 Å². The first-order chi connectivity index (χ1) is 17.2. The normalized spacial score (nSPS) is 15.7. The number of aromatic nitrogens is 2. The predicted molar refractivity (Wildman–Crippen MR) is 131 cm³/mol. The van der Waals surface area contributed by atoms with E-state index in [1.165, 1.54) is 12.3 Å². The van der Waals surface area contributed by atoms with Crippen LogP contribution in [-0.4, -0.2) is 53.4 Å². The summed E-state index contributed by atoms with van der Waals surface area (Å²) in [6, 6.07) is 7.54. The number of aliphatic imine (C=N–C) groups is 1. The average Bonchev–Trinajstić information content (AvgIpc) is 3.59. The molecule has 36 heavy (non-hydrogen) atoms. The number of anilines is 1. The third-order valence-electron chi connectivity index (χ3n) is 5.42. The molecule has 2 aromatic rings. The molecule has 2 amide bonds. The topological polar surface area (TPSA) is 154 Å². The Balaban J connectivity index is 1.71. The fraction of sp³-hybridized carbons (Fsp3) is 0.333. The molecule has 1 aromatic heterocycles. The monoisotopic (exact) mass is 498 g/mol. The predicted octanol–water partition coefficient (Wildman–Crippen LogP) is 4.82. The lowest BCUT2D eigenvalue weighted by molar-refractivity contribution is -0.122. The van der Waals surface area contributed by atoms with Gasteiger partial charge < -0.3 is 26.4 Å². The maximum atomic E-state index is 12.3. The lowest BCUT2D eigenvalue weighted by Gasteiger charge is -2.10. The van der Waals surface area contributed by atoms with E-state index in [0.717, 1.165) is 19.1 Å². The highest BCUT2D eigenvalue weighted by atomic mass is 19.4. The lowest BCUT2D eigenvalue weighted by atomic mass is 10.0. The third-order valence-corrected chi connectivity index (χ3v) is 5.42. The highest BCUT2D eigenvalue weighted by Gasteiger charge is 2.30. The zero-order valence-corrected chi connectivity index (χ0v) is 19.1. The van der Waals surface area contributed by atoms with Gasteiger partial charge in [0.2, 0.25) is 0 Å². The lowest BCUT2D eigenvalue weighted by Crippen LogP contribution is -2.36. The third kappa shape index (κ3) is 7.90. The van der Waals surface area contributed by atoms with Crippen LogP contribution in [0.15, 0.2) is 41.0 Å². The van der Waals surface area contributed by atoms with Gasteiger partial charge in [-0.1, -0.05) is 12.1 Å². The number of hydrogen-bond acceptors (Lipinski definition) is 6. The number of amides is 2. The van der Waals surface area contributed by atoms with Gasteiger partial charge in [0.25, 0.3) is 0 Å². The van der Waals surface area contributed by atoms with Crippen molar-refractivity contribution in [1.82, 2.24) is 15.3 Å². The van der Waals surface area contributed by atoms with Gasteiger partial charge in [-0.15, -0.1) is 0 Å². The van der Waals surface area contributed by atoms with Crippen LogP contribution in [0.25, 0.3) is 17.3 Å². The number of nitriles is 1. The van der Waals surface area contributed by atoms with Gasteiger partial charge in [-0.3, -0.25) is 4.99 Å². The van der Waals surface area contributed by atoms with E-state index in [0.29, 0.717) is 40.7 Å². The molecule has 1 heterocycles.